The Bertz CT molecular complexity index is 876. The summed E-state index contributed by atoms with van der Waals surface area (Å²) < 4.78 is 76.1. The number of rotatable bonds is 6. The molecule has 148 valence electrons. The average molecular weight is 478 g/mol. The molecule has 1 heterocycles. The van der Waals surface area contributed by atoms with Crippen molar-refractivity contribution in [3.8, 4) is 17.0 Å². The lowest BCUT2D eigenvalue weighted by molar-refractivity contribution is -0.191. The maximum Gasteiger partial charge on any atom is 0.391 e. The van der Waals surface area contributed by atoms with E-state index in [1.807, 2.05) is 0 Å². The molecule has 0 unspecified atom stereocenters. The van der Waals surface area contributed by atoms with Crippen molar-refractivity contribution >= 4 is 33.5 Å². The van der Waals surface area contributed by atoms with Crippen LogP contribution in [-0.4, -0.2) is 35.7 Å². The largest absolute Gasteiger partial charge is 0.480 e. The molecule has 0 saturated heterocycles. The van der Waals surface area contributed by atoms with E-state index in [0.29, 0.717) is 0 Å². The van der Waals surface area contributed by atoms with Crippen LogP contribution in [0.3, 0.4) is 0 Å². The molecule has 0 bridgehead atoms. The lowest BCUT2D eigenvalue weighted by atomic mass is 10.1. The second-order valence-electron chi connectivity index (χ2n) is 5.15. The number of hydrogen-bond donors (Lipinski definition) is 0. The van der Waals surface area contributed by atoms with Gasteiger partial charge in [0.15, 0.2) is 6.61 Å². The zero-order valence-corrected chi connectivity index (χ0v) is 16.0. The van der Waals surface area contributed by atoms with Gasteiger partial charge in [0.2, 0.25) is 0 Å². The minimum Gasteiger partial charge on any atom is -0.480 e. The van der Waals surface area contributed by atoms with Gasteiger partial charge in [-0.15, -0.1) is 0 Å². The number of alkyl halides is 4. The van der Waals surface area contributed by atoms with Crippen LogP contribution in [0.5, 0.6) is 5.75 Å². The van der Waals surface area contributed by atoms with Crippen molar-refractivity contribution in [3.05, 3.63) is 33.4 Å². The van der Waals surface area contributed by atoms with Gasteiger partial charge in [-0.3, -0.25) is 4.57 Å². The van der Waals surface area contributed by atoms with Gasteiger partial charge in [0.25, 0.3) is 0 Å². The Morgan fingerprint density at radius 1 is 1.41 bits per heavy atom. The predicted molar refractivity (Wildman–Crippen MR) is 88.8 cm³/mol. The van der Waals surface area contributed by atoms with Crippen LogP contribution in [0, 0.1) is 12.7 Å². The fourth-order valence-electron chi connectivity index (χ4n) is 2.14. The summed E-state index contributed by atoms with van der Waals surface area (Å²) in [5.74, 6) is -2.34. The maximum absolute atomic E-state index is 14.3. The molecule has 0 atom stereocenters. The zero-order chi connectivity index (χ0) is 20.5. The number of aryl methyl sites for hydroxylation is 1. The Morgan fingerprint density at radius 2 is 2.04 bits per heavy atom. The third-order valence-corrected chi connectivity index (χ3v) is 4.43. The molecule has 0 amide bonds. The smallest absolute Gasteiger partial charge is 0.391 e. The second-order valence-corrected chi connectivity index (χ2v) is 6.31. The summed E-state index contributed by atoms with van der Waals surface area (Å²) in [6, 6.07) is -2.74. The van der Waals surface area contributed by atoms with Gasteiger partial charge < -0.3 is 9.47 Å². The van der Waals surface area contributed by atoms with Gasteiger partial charge in [0.1, 0.15) is 27.7 Å². The van der Waals surface area contributed by atoms with Crippen LogP contribution < -0.4 is 4.74 Å². The van der Waals surface area contributed by atoms with Gasteiger partial charge in [0.05, 0.1) is 12.1 Å². The van der Waals surface area contributed by atoms with Crippen molar-refractivity contribution in [1.82, 2.24) is 9.55 Å². The van der Waals surface area contributed by atoms with Crippen LogP contribution in [0.2, 0.25) is 5.02 Å². The highest BCUT2D eigenvalue weighted by Crippen LogP contribution is 2.40. The fourth-order valence-corrected chi connectivity index (χ4v) is 3.14. The Hall–Kier alpha value is -1.88. The first-order valence-corrected chi connectivity index (χ1v) is 8.28. The summed E-state index contributed by atoms with van der Waals surface area (Å²) in [6.07, 6.45) is -4.01. The molecule has 0 aliphatic carbocycles. The monoisotopic (exact) mass is 476 g/mol. The van der Waals surface area contributed by atoms with Crippen molar-refractivity contribution in [2.24, 2.45) is 0 Å². The van der Waals surface area contributed by atoms with E-state index in [-0.39, 0.29) is 26.6 Å². The maximum atomic E-state index is 14.3. The van der Waals surface area contributed by atoms with Crippen LogP contribution in [-0.2, 0) is 15.6 Å². The van der Waals surface area contributed by atoms with E-state index in [1.54, 1.807) is 0 Å². The van der Waals surface area contributed by atoms with Gasteiger partial charge in [-0.05, 0) is 35.0 Å². The lowest BCUT2D eigenvalue weighted by Gasteiger charge is -2.19. The first-order valence-electron chi connectivity index (χ1n) is 7.11. The molecular formula is C15H11BrClF5N2O3. The lowest BCUT2D eigenvalue weighted by Crippen LogP contribution is -2.32. The Morgan fingerprint density at radius 3 is 2.59 bits per heavy atom. The van der Waals surface area contributed by atoms with Gasteiger partial charge in [0, 0.05) is 5.56 Å². The second kappa shape index (κ2) is 8.01. The van der Waals surface area contributed by atoms with Gasteiger partial charge >= 0.3 is 18.4 Å². The van der Waals surface area contributed by atoms with E-state index >= 15 is 0 Å². The minimum atomic E-state index is -4.57. The van der Waals surface area contributed by atoms with E-state index < -0.39 is 41.3 Å². The predicted octanol–water partition coefficient (Wildman–Crippen LogP) is 4.78. The molecule has 1 aromatic heterocycles. The summed E-state index contributed by atoms with van der Waals surface area (Å²) in [5, 5.41) is -0.203. The van der Waals surface area contributed by atoms with E-state index in [9.17, 15) is 26.7 Å². The normalized spacial score (nSPS) is 11.8. The molecule has 2 rings (SSSR count). The molecule has 0 spiro atoms. The highest BCUT2D eigenvalue weighted by atomic mass is 79.9. The number of ether oxygens (including phenoxy) is 2. The molecule has 0 radical (unpaired) electrons. The van der Waals surface area contributed by atoms with E-state index in [0.717, 1.165) is 26.2 Å². The fraction of sp³-hybridized carbons (Fsp3) is 0.333. The molecule has 2 aromatic rings. The minimum absolute atomic E-state index is 0.0456. The number of methoxy groups -OCH3 is 1. The molecule has 0 N–H and O–H groups in total. The average Bonchev–Trinajstić information content (AvgIpc) is 2.88. The molecular weight excluding hydrogens is 467 g/mol. The number of nitrogens with zero attached hydrogens (tertiary/aromatic N) is 2. The van der Waals surface area contributed by atoms with Crippen LogP contribution >= 0.6 is 27.5 Å². The number of aromatic nitrogens is 2. The highest BCUT2D eigenvalue weighted by Gasteiger charge is 2.46. The number of imidazole rings is 1. The van der Waals surface area contributed by atoms with E-state index in [2.05, 4.69) is 25.7 Å². The summed E-state index contributed by atoms with van der Waals surface area (Å²) in [7, 11) is 1.12. The van der Waals surface area contributed by atoms with Crippen LogP contribution in [0.25, 0.3) is 11.3 Å². The topological polar surface area (TPSA) is 53.4 Å². The number of benzene rings is 1. The quantitative estimate of drug-likeness (QED) is 0.444. The Labute approximate surface area is 163 Å². The van der Waals surface area contributed by atoms with Crippen molar-refractivity contribution in [1.29, 1.82) is 0 Å². The third kappa shape index (κ3) is 4.18. The first-order chi connectivity index (χ1) is 12.5. The molecule has 0 aliphatic heterocycles. The SMILES string of the molecule is COC(=O)COc1cc(-c2nc(C)n(C(F)(F)C(F)F)c2Br)c(F)cc1Cl. The molecule has 0 aliphatic rings. The van der Waals surface area contributed by atoms with Crippen LogP contribution in [0.15, 0.2) is 16.7 Å². The van der Waals surface area contributed by atoms with E-state index in [4.69, 9.17) is 16.3 Å². The molecule has 27 heavy (non-hydrogen) atoms. The number of halogens is 7. The Kier molecular flexibility index (Phi) is 6.35. The number of hydrogen-bond acceptors (Lipinski definition) is 4. The number of carbonyl (C=O) groups excluding carboxylic acids is 1. The molecule has 12 heteroatoms. The van der Waals surface area contributed by atoms with E-state index in [1.165, 1.54) is 0 Å². The standard InChI is InChI=1S/C15H11BrClF5N2O3/c1-6-23-12(13(16)24(6)15(21,22)14(19)20)7-3-10(8(17)4-9(7)18)27-5-11(25)26-2/h3-4,14H,5H2,1-2H3. The molecule has 1 aromatic carbocycles. The first kappa shape index (κ1) is 21.4. The molecule has 5 nitrogen and oxygen atoms in total. The summed E-state index contributed by atoms with van der Waals surface area (Å²) in [4.78, 5) is 14.9. The summed E-state index contributed by atoms with van der Waals surface area (Å²) in [5.41, 5.74) is -0.719. The van der Waals surface area contributed by atoms with Crippen LogP contribution in [0.1, 0.15) is 5.82 Å². The van der Waals surface area contributed by atoms with Crippen LogP contribution in [0.4, 0.5) is 22.0 Å². The molecule has 0 saturated carbocycles. The summed E-state index contributed by atoms with van der Waals surface area (Å²) in [6.45, 7) is 0.520. The summed E-state index contributed by atoms with van der Waals surface area (Å²) >= 11 is 8.60. The van der Waals surface area contributed by atoms with Gasteiger partial charge in [-0.25, -0.2) is 22.9 Å². The third-order valence-electron chi connectivity index (χ3n) is 3.40. The van der Waals surface area contributed by atoms with Crippen molar-refractivity contribution in [2.45, 2.75) is 19.4 Å². The highest BCUT2D eigenvalue weighted by molar-refractivity contribution is 9.10. The van der Waals surface area contributed by atoms with Gasteiger partial charge in [-0.1, -0.05) is 11.6 Å². The van der Waals surface area contributed by atoms with Crippen molar-refractivity contribution < 1.29 is 36.2 Å². The zero-order valence-electron chi connectivity index (χ0n) is 13.7. The Balaban J connectivity index is 2.54. The number of carbonyl (C=O) groups is 1. The number of esters is 1. The van der Waals surface area contributed by atoms with Crippen molar-refractivity contribution in [2.75, 3.05) is 13.7 Å². The van der Waals surface area contributed by atoms with Crippen molar-refractivity contribution in [3.63, 3.8) is 0 Å². The molecule has 0 fully saturated rings. The van der Waals surface area contributed by atoms with Gasteiger partial charge in [-0.2, -0.15) is 8.78 Å².